The molecule has 1 aromatic rings. The Hall–Kier alpha value is -0.370. The van der Waals surface area contributed by atoms with E-state index in [0.29, 0.717) is 34.9 Å². The molecule has 0 aromatic carbocycles. The van der Waals surface area contributed by atoms with Crippen molar-refractivity contribution in [3.8, 4) is 0 Å². The highest BCUT2D eigenvalue weighted by molar-refractivity contribution is 9.09. The molecule has 1 rings (SSSR count). The maximum absolute atomic E-state index is 12.3. The van der Waals surface area contributed by atoms with Crippen molar-refractivity contribution >= 4 is 32.4 Å². The fourth-order valence-corrected chi connectivity index (χ4v) is 2.32. The van der Waals surface area contributed by atoms with Gasteiger partial charge in [0.1, 0.15) is 0 Å². The normalized spacial score (nSPS) is 11.8. The molecule has 0 aliphatic rings. The SMILES string of the molecule is CCCN(CCBr)c1nnc(C(F)(F)F)s1. The predicted molar refractivity (Wildman–Crippen MR) is 61.2 cm³/mol. The Labute approximate surface area is 104 Å². The van der Waals surface area contributed by atoms with Crippen LogP contribution in [-0.2, 0) is 6.18 Å². The molecule has 0 saturated heterocycles. The van der Waals surface area contributed by atoms with Crippen molar-refractivity contribution in [1.82, 2.24) is 10.2 Å². The minimum atomic E-state index is -4.40. The van der Waals surface area contributed by atoms with Crippen LogP contribution in [0, 0.1) is 0 Å². The van der Waals surface area contributed by atoms with E-state index in [1.54, 1.807) is 4.90 Å². The molecule has 0 N–H and O–H groups in total. The Balaban J connectivity index is 2.81. The topological polar surface area (TPSA) is 29.0 Å². The number of halogens is 4. The summed E-state index contributed by atoms with van der Waals surface area (Å²) in [6, 6.07) is 0. The molecule has 1 heterocycles. The quantitative estimate of drug-likeness (QED) is 0.781. The van der Waals surface area contributed by atoms with Gasteiger partial charge in [-0.2, -0.15) is 13.2 Å². The second-order valence-corrected chi connectivity index (χ2v) is 4.81. The molecular formula is C8H11BrF3N3S. The molecule has 1 aromatic heterocycles. The van der Waals surface area contributed by atoms with Crippen LogP contribution in [0.5, 0.6) is 0 Å². The number of rotatable bonds is 5. The summed E-state index contributed by atoms with van der Waals surface area (Å²) in [5.74, 6) is 0. The van der Waals surface area contributed by atoms with Gasteiger partial charge in [-0.3, -0.25) is 0 Å². The van der Waals surface area contributed by atoms with Crippen LogP contribution in [0.3, 0.4) is 0 Å². The summed E-state index contributed by atoms with van der Waals surface area (Å²) in [7, 11) is 0. The second-order valence-electron chi connectivity index (χ2n) is 3.06. The fourth-order valence-electron chi connectivity index (χ4n) is 1.13. The molecule has 0 aliphatic heterocycles. The first-order valence-electron chi connectivity index (χ1n) is 4.70. The largest absolute Gasteiger partial charge is 0.445 e. The lowest BCUT2D eigenvalue weighted by molar-refractivity contribution is -0.138. The van der Waals surface area contributed by atoms with E-state index in [9.17, 15) is 13.2 Å². The molecule has 0 spiro atoms. The molecule has 0 bridgehead atoms. The third-order valence-corrected chi connectivity index (χ3v) is 3.16. The highest BCUT2D eigenvalue weighted by Gasteiger charge is 2.36. The van der Waals surface area contributed by atoms with Gasteiger partial charge in [0.25, 0.3) is 0 Å². The molecule has 92 valence electrons. The van der Waals surface area contributed by atoms with Gasteiger partial charge in [0.15, 0.2) is 0 Å². The van der Waals surface area contributed by atoms with E-state index < -0.39 is 11.2 Å². The van der Waals surface area contributed by atoms with Crippen molar-refractivity contribution < 1.29 is 13.2 Å². The van der Waals surface area contributed by atoms with Gasteiger partial charge in [-0.25, -0.2) is 0 Å². The van der Waals surface area contributed by atoms with Crippen LogP contribution in [0.1, 0.15) is 18.4 Å². The van der Waals surface area contributed by atoms with Crippen molar-refractivity contribution in [1.29, 1.82) is 0 Å². The van der Waals surface area contributed by atoms with Crippen molar-refractivity contribution in [3.05, 3.63) is 5.01 Å². The summed E-state index contributed by atoms with van der Waals surface area (Å²) < 4.78 is 36.9. The van der Waals surface area contributed by atoms with Crippen LogP contribution >= 0.6 is 27.3 Å². The third kappa shape index (κ3) is 3.58. The Bertz CT molecular complexity index is 323. The molecule has 8 heteroatoms. The van der Waals surface area contributed by atoms with E-state index in [0.717, 1.165) is 6.42 Å². The number of nitrogens with zero attached hydrogens (tertiary/aromatic N) is 3. The first-order valence-corrected chi connectivity index (χ1v) is 6.64. The number of hydrogen-bond acceptors (Lipinski definition) is 4. The zero-order valence-corrected chi connectivity index (χ0v) is 11.0. The van der Waals surface area contributed by atoms with E-state index in [1.165, 1.54) is 0 Å². The van der Waals surface area contributed by atoms with Crippen LogP contribution in [-0.4, -0.2) is 28.6 Å². The monoisotopic (exact) mass is 317 g/mol. The van der Waals surface area contributed by atoms with Crippen molar-refractivity contribution in [3.63, 3.8) is 0 Å². The minimum Gasteiger partial charge on any atom is -0.346 e. The fraction of sp³-hybridized carbons (Fsp3) is 0.750. The molecule has 16 heavy (non-hydrogen) atoms. The van der Waals surface area contributed by atoms with Gasteiger partial charge in [0.2, 0.25) is 10.1 Å². The predicted octanol–water partition coefficient (Wildman–Crippen LogP) is 3.17. The van der Waals surface area contributed by atoms with Gasteiger partial charge < -0.3 is 4.90 Å². The van der Waals surface area contributed by atoms with Gasteiger partial charge in [-0.1, -0.05) is 34.2 Å². The molecule has 0 atom stereocenters. The Kier molecular flexibility index (Phi) is 4.97. The number of aromatic nitrogens is 2. The Morgan fingerprint density at radius 3 is 2.44 bits per heavy atom. The van der Waals surface area contributed by atoms with E-state index in [1.807, 2.05) is 6.92 Å². The van der Waals surface area contributed by atoms with Crippen LogP contribution in [0.25, 0.3) is 0 Å². The molecule has 0 aliphatic carbocycles. The summed E-state index contributed by atoms with van der Waals surface area (Å²) in [5.41, 5.74) is 0. The van der Waals surface area contributed by atoms with E-state index in [-0.39, 0.29) is 0 Å². The van der Waals surface area contributed by atoms with Crippen LogP contribution < -0.4 is 4.90 Å². The van der Waals surface area contributed by atoms with Gasteiger partial charge in [0.05, 0.1) is 0 Å². The molecule has 0 fully saturated rings. The average molecular weight is 318 g/mol. The molecule has 0 amide bonds. The Morgan fingerprint density at radius 2 is 2.00 bits per heavy atom. The second kappa shape index (κ2) is 5.81. The first kappa shape index (κ1) is 13.7. The number of hydrogen-bond donors (Lipinski definition) is 0. The molecule has 0 radical (unpaired) electrons. The molecule has 0 saturated carbocycles. The molecule has 3 nitrogen and oxygen atoms in total. The maximum atomic E-state index is 12.3. The lowest BCUT2D eigenvalue weighted by Crippen LogP contribution is -2.25. The lowest BCUT2D eigenvalue weighted by Gasteiger charge is -2.18. The van der Waals surface area contributed by atoms with Gasteiger partial charge in [0, 0.05) is 18.4 Å². The van der Waals surface area contributed by atoms with Crippen LogP contribution in [0.4, 0.5) is 18.3 Å². The maximum Gasteiger partial charge on any atom is 0.445 e. The van der Waals surface area contributed by atoms with E-state index in [2.05, 4.69) is 26.1 Å². The summed E-state index contributed by atoms with van der Waals surface area (Å²) in [4.78, 5) is 1.79. The Morgan fingerprint density at radius 1 is 1.31 bits per heavy atom. The summed E-state index contributed by atoms with van der Waals surface area (Å²) in [6.07, 6.45) is -3.55. The first-order chi connectivity index (χ1) is 7.49. The summed E-state index contributed by atoms with van der Waals surface area (Å²) >= 11 is 3.84. The van der Waals surface area contributed by atoms with Gasteiger partial charge >= 0.3 is 6.18 Å². The highest BCUT2D eigenvalue weighted by Crippen LogP contribution is 2.34. The highest BCUT2D eigenvalue weighted by atomic mass is 79.9. The number of anilines is 1. The van der Waals surface area contributed by atoms with Gasteiger partial charge in [-0.05, 0) is 6.42 Å². The van der Waals surface area contributed by atoms with Crippen LogP contribution in [0.15, 0.2) is 0 Å². The summed E-state index contributed by atoms with van der Waals surface area (Å²) in [6.45, 7) is 3.27. The average Bonchev–Trinajstić information content (AvgIpc) is 2.65. The minimum absolute atomic E-state index is 0.327. The number of alkyl halides is 4. The third-order valence-electron chi connectivity index (χ3n) is 1.78. The zero-order chi connectivity index (χ0) is 12.2. The standard InChI is InChI=1S/C8H11BrF3N3S/c1-2-4-15(5-3-9)7-14-13-6(16-7)8(10,11)12/h2-5H2,1H3. The van der Waals surface area contributed by atoms with E-state index >= 15 is 0 Å². The van der Waals surface area contributed by atoms with Crippen molar-refractivity contribution in [2.75, 3.05) is 23.3 Å². The van der Waals surface area contributed by atoms with E-state index in [4.69, 9.17) is 0 Å². The lowest BCUT2D eigenvalue weighted by atomic mass is 10.4. The smallest absolute Gasteiger partial charge is 0.346 e. The molecular weight excluding hydrogens is 307 g/mol. The van der Waals surface area contributed by atoms with Crippen LogP contribution in [0.2, 0.25) is 0 Å². The van der Waals surface area contributed by atoms with Gasteiger partial charge in [-0.15, -0.1) is 10.2 Å². The molecule has 0 unspecified atom stereocenters. The summed E-state index contributed by atoms with van der Waals surface area (Å²) in [5, 5.41) is 6.86. The van der Waals surface area contributed by atoms with Crippen molar-refractivity contribution in [2.24, 2.45) is 0 Å². The zero-order valence-electron chi connectivity index (χ0n) is 8.59. The van der Waals surface area contributed by atoms with Crippen molar-refractivity contribution in [2.45, 2.75) is 19.5 Å².